The fourth-order valence-corrected chi connectivity index (χ4v) is 3.69. The molecule has 172 valence electrons. The summed E-state index contributed by atoms with van der Waals surface area (Å²) in [5.41, 5.74) is 3.32. The van der Waals surface area contributed by atoms with Crippen molar-refractivity contribution < 1.29 is 19.2 Å². The van der Waals surface area contributed by atoms with Gasteiger partial charge in [-0.3, -0.25) is 9.48 Å². The molecular weight excluding hydrogens is 446 g/mol. The van der Waals surface area contributed by atoms with Crippen molar-refractivity contribution in [1.82, 2.24) is 24.9 Å². The largest absolute Gasteiger partial charge is 0.481 e. The molecule has 3 aromatic heterocycles. The van der Waals surface area contributed by atoms with Crippen molar-refractivity contribution in [3.8, 4) is 28.7 Å². The minimum absolute atomic E-state index is 0.0419. The quantitative estimate of drug-likeness (QED) is 0.363. The molecule has 1 aromatic carbocycles. The lowest BCUT2D eigenvalue weighted by atomic mass is 10.0. The fraction of sp³-hybridized carbons (Fsp3) is 0.348. The molecule has 0 radical (unpaired) electrons. The monoisotopic (exact) mass is 469 g/mol. The number of fused-ring (bicyclic) bond motifs is 1. The number of aromatic nitrogens is 5. The molecule has 0 aliphatic heterocycles. The first-order valence-electron chi connectivity index (χ1n) is 10.7. The predicted molar refractivity (Wildman–Crippen MR) is 123 cm³/mol. The van der Waals surface area contributed by atoms with Gasteiger partial charge in [-0.05, 0) is 50.5 Å². The number of rotatable bonds is 9. The minimum Gasteiger partial charge on any atom is -0.481 e. The molecule has 0 spiro atoms. The van der Waals surface area contributed by atoms with Crippen LogP contribution in [0.15, 0.2) is 35.1 Å². The predicted octanol–water partition coefficient (Wildman–Crippen LogP) is 5.02. The van der Waals surface area contributed by atoms with E-state index >= 15 is 0 Å². The maximum atomic E-state index is 10.8. The second-order valence-electron chi connectivity index (χ2n) is 7.91. The van der Waals surface area contributed by atoms with E-state index in [9.17, 15) is 4.79 Å². The van der Waals surface area contributed by atoms with Gasteiger partial charge in [0.05, 0.1) is 17.2 Å². The zero-order chi connectivity index (χ0) is 23.5. The summed E-state index contributed by atoms with van der Waals surface area (Å²) >= 11 is 6.30. The maximum absolute atomic E-state index is 10.8. The smallest absolute Gasteiger partial charge is 0.303 e. The van der Waals surface area contributed by atoms with E-state index in [0.29, 0.717) is 41.1 Å². The van der Waals surface area contributed by atoms with E-state index in [4.69, 9.17) is 26.0 Å². The van der Waals surface area contributed by atoms with Crippen molar-refractivity contribution in [2.75, 3.05) is 0 Å². The molecule has 4 aromatic rings. The van der Waals surface area contributed by atoms with Crippen LogP contribution in [0.25, 0.3) is 33.7 Å². The molecule has 4 rings (SSSR count). The highest BCUT2D eigenvalue weighted by Crippen LogP contribution is 2.31. The Morgan fingerprint density at radius 3 is 2.82 bits per heavy atom. The second kappa shape index (κ2) is 9.58. The van der Waals surface area contributed by atoms with E-state index in [1.54, 1.807) is 16.9 Å². The van der Waals surface area contributed by atoms with E-state index in [-0.39, 0.29) is 12.5 Å². The van der Waals surface area contributed by atoms with E-state index in [0.717, 1.165) is 28.5 Å². The van der Waals surface area contributed by atoms with Gasteiger partial charge >= 0.3 is 5.97 Å². The Bertz CT molecular complexity index is 1300. The molecule has 0 atom stereocenters. The van der Waals surface area contributed by atoms with Crippen molar-refractivity contribution in [2.24, 2.45) is 0 Å². The number of aryl methyl sites for hydroxylation is 2. The summed E-state index contributed by atoms with van der Waals surface area (Å²) in [5, 5.41) is 18.9. The first kappa shape index (κ1) is 22.7. The Hall–Kier alpha value is -3.46. The summed E-state index contributed by atoms with van der Waals surface area (Å²) < 4.78 is 12.8. The molecule has 1 N–H and O–H groups in total. The van der Waals surface area contributed by atoms with E-state index in [1.807, 2.05) is 39.1 Å². The van der Waals surface area contributed by atoms with Crippen molar-refractivity contribution >= 4 is 28.5 Å². The lowest BCUT2D eigenvalue weighted by Crippen LogP contribution is -2.07. The Kier molecular flexibility index (Phi) is 6.60. The zero-order valence-electron chi connectivity index (χ0n) is 18.6. The number of aliphatic carboxylic acids is 1. The molecule has 0 bridgehead atoms. The molecule has 3 heterocycles. The van der Waals surface area contributed by atoms with Gasteiger partial charge in [0, 0.05) is 36.3 Å². The number of ether oxygens (including phenoxy) is 1. The molecule has 0 unspecified atom stereocenters. The number of nitrogens with zero attached hydrogens (tertiary/aromatic N) is 5. The van der Waals surface area contributed by atoms with Gasteiger partial charge in [-0.1, -0.05) is 23.7 Å². The SMILES string of the molecule is CCc1cc2nn(CCCC(=O)O)cc2cc1-c1noc(-c2cnc(OC(C)C)c(Cl)c2)n1. The number of hydrogen-bond acceptors (Lipinski definition) is 7. The zero-order valence-corrected chi connectivity index (χ0v) is 19.3. The van der Waals surface area contributed by atoms with Gasteiger partial charge in [-0.25, -0.2) is 4.98 Å². The first-order valence-corrected chi connectivity index (χ1v) is 11.1. The van der Waals surface area contributed by atoms with Crippen LogP contribution >= 0.6 is 11.6 Å². The Balaban J connectivity index is 1.62. The van der Waals surface area contributed by atoms with Gasteiger partial charge < -0.3 is 14.4 Å². The highest BCUT2D eigenvalue weighted by molar-refractivity contribution is 6.32. The standard InChI is InChI=1S/C23H24ClN5O4/c1-4-14-10-19-16(12-29(27-19)7-5-6-20(30)31)8-17(14)21-26-22(33-28-21)15-9-18(24)23(25-11-15)32-13(2)3/h8-13H,4-7H2,1-3H3,(H,30,31). The Labute approximate surface area is 195 Å². The Morgan fingerprint density at radius 2 is 2.12 bits per heavy atom. The van der Waals surface area contributed by atoms with Crippen molar-refractivity contribution in [3.05, 3.63) is 41.2 Å². The number of halogens is 1. The molecule has 9 nitrogen and oxygen atoms in total. The lowest BCUT2D eigenvalue weighted by Gasteiger charge is -2.09. The molecule has 0 aliphatic rings. The summed E-state index contributed by atoms with van der Waals surface area (Å²) in [6.45, 7) is 6.39. The third-order valence-corrected chi connectivity index (χ3v) is 5.27. The van der Waals surface area contributed by atoms with Crippen LogP contribution < -0.4 is 4.74 Å². The van der Waals surface area contributed by atoms with Crippen LogP contribution in [0.4, 0.5) is 0 Å². The van der Waals surface area contributed by atoms with Crippen LogP contribution in [0.5, 0.6) is 5.88 Å². The summed E-state index contributed by atoms with van der Waals surface area (Å²) in [6, 6.07) is 5.67. The highest BCUT2D eigenvalue weighted by Gasteiger charge is 2.17. The lowest BCUT2D eigenvalue weighted by molar-refractivity contribution is -0.137. The van der Waals surface area contributed by atoms with E-state index in [2.05, 4.69) is 20.2 Å². The normalized spacial score (nSPS) is 11.4. The molecule has 0 saturated carbocycles. The number of carbonyl (C=O) groups is 1. The van der Waals surface area contributed by atoms with E-state index < -0.39 is 5.97 Å². The summed E-state index contributed by atoms with van der Waals surface area (Å²) in [5.74, 6) is 0.311. The molecule has 33 heavy (non-hydrogen) atoms. The summed E-state index contributed by atoms with van der Waals surface area (Å²) in [4.78, 5) is 19.6. The topological polar surface area (TPSA) is 116 Å². The van der Waals surface area contributed by atoms with Gasteiger partial charge in [0.1, 0.15) is 5.02 Å². The van der Waals surface area contributed by atoms with Crippen LogP contribution in [0.1, 0.15) is 39.2 Å². The second-order valence-corrected chi connectivity index (χ2v) is 8.32. The third kappa shape index (κ3) is 5.14. The number of pyridine rings is 1. The van der Waals surface area contributed by atoms with Crippen LogP contribution in [0.2, 0.25) is 5.02 Å². The average Bonchev–Trinajstić information content (AvgIpc) is 3.40. The summed E-state index contributed by atoms with van der Waals surface area (Å²) in [7, 11) is 0. The molecular formula is C23H24ClN5O4. The van der Waals surface area contributed by atoms with Crippen LogP contribution in [0, 0.1) is 0 Å². The number of carboxylic acids is 1. The molecule has 0 amide bonds. The van der Waals surface area contributed by atoms with Gasteiger partial charge in [-0.15, -0.1) is 0 Å². The molecule has 0 fully saturated rings. The number of benzene rings is 1. The summed E-state index contributed by atoms with van der Waals surface area (Å²) in [6.07, 6.45) is 4.83. The minimum atomic E-state index is -0.811. The number of hydrogen-bond donors (Lipinski definition) is 1. The molecule has 10 heteroatoms. The highest BCUT2D eigenvalue weighted by atomic mass is 35.5. The van der Waals surface area contributed by atoms with Crippen molar-refractivity contribution in [2.45, 2.75) is 52.7 Å². The van der Waals surface area contributed by atoms with Crippen LogP contribution in [-0.2, 0) is 17.8 Å². The third-order valence-electron chi connectivity index (χ3n) is 5.00. The van der Waals surface area contributed by atoms with Crippen molar-refractivity contribution in [1.29, 1.82) is 0 Å². The van der Waals surface area contributed by atoms with Gasteiger partial charge in [0.15, 0.2) is 0 Å². The molecule has 0 saturated heterocycles. The first-order chi connectivity index (χ1) is 15.8. The van der Waals surface area contributed by atoms with E-state index in [1.165, 1.54) is 0 Å². The van der Waals surface area contributed by atoms with Gasteiger partial charge in [0.2, 0.25) is 11.7 Å². The van der Waals surface area contributed by atoms with Crippen LogP contribution in [0.3, 0.4) is 0 Å². The Morgan fingerprint density at radius 1 is 1.30 bits per heavy atom. The van der Waals surface area contributed by atoms with Gasteiger partial charge in [-0.2, -0.15) is 10.1 Å². The maximum Gasteiger partial charge on any atom is 0.303 e. The van der Waals surface area contributed by atoms with Crippen molar-refractivity contribution in [3.63, 3.8) is 0 Å². The number of carboxylic acid groups (broad SMARTS) is 1. The fourth-order valence-electron chi connectivity index (χ4n) is 3.48. The average molecular weight is 470 g/mol. The van der Waals surface area contributed by atoms with Crippen LogP contribution in [-0.4, -0.2) is 42.1 Å². The molecule has 0 aliphatic carbocycles. The van der Waals surface area contributed by atoms with Gasteiger partial charge in [0.25, 0.3) is 5.89 Å².